The molecule has 2 aliphatic rings. The zero-order chi connectivity index (χ0) is 18.7. The number of hydrogen-bond donors (Lipinski definition) is 1. The Morgan fingerprint density at radius 2 is 2.04 bits per heavy atom. The van der Waals surface area contributed by atoms with Crippen molar-refractivity contribution in [2.24, 2.45) is 0 Å². The molecule has 1 aromatic heterocycles. The molecule has 1 aromatic rings. The summed E-state index contributed by atoms with van der Waals surface area (Å²) in [7, 11) is -3.00. The highest BCUT2D eigenvalue weighted by atomic mass is 32.2. The predicted molar refractivity (Wildman–Crippen MR) is 102 cm³/mol. The number of nitrogens with zero attached hydrogens (tertiary/aromatic N) is 3. The summed E-state index contributed by atoms with van der Waals surface area (Å²) in [4.78, 5) is 14.9. The van der Waals surface area contributed by atoms with Gasteiger partial charge in [0.25, 0.3) is 0 Å². The maximum atomic E-state index is 12.6. The Kier molecular flexibility index (Phi) is 6.02. The Morgan fingerprint density at radius 3 is 2.65 bits per heavy atom. The normalized spacial score (nSPS) is 23.4. The molecule has 0 unspecified atom stereocenters. The molecule has 0 spiro atoms. The lowest BCUT2D eigenvalue weighted by molar-refractivity contribution is -0.118. The molecule has 146 valence electrons. The Morgan fingerprint density at radius 1 is 1.31 bits per heavy atom. The maximum absolute atomic E-state index is 12.6. The smallest absolute Gasteiger partial charge is 0.239 e. The SMILES string of the molecule is CCN(CC(=O)Nc1cc(C)nn1[C@@H]1CCS(=O)(=O)C1)C1CCCCC1. The molecule has 1 aliphatic heterocycles. The number of aromatic nitrogens is 2. The fraction of sp³-hybridized carbons (Fsp3) is 0.778. The van der Waals surface area contributed by atoms with Gasteiger partial charge in [0, 0.05) is 12.1 Å². The van der Waals surface area contributed by atoms with Crippen LogP contribution in [-0.4, -0.2) is 59.6 Å². The summed E-state index contributed by atoms with van der Waals surface area (Å²) >= 11 is 0. The number of likely N-dealkylation sites (N-methyl/N-ethyl adjacent to an activating group) is 1. The number of amides is 1. The van der Waals surface area contributed by atoms with Gasteiger partial charge in [-0.1, -0.05) is 26.2 Å². The van der Waals surface area contributed by atoms with Crippen LogP contribution >= 0.6 is 0 Å². The molecule has 1 atom stereocenters. The van der Waals surface area contributed by atoms with Gasteiger partial charge in [-0.2, -0.15) is 5.10 Å². The van der Waals surface area contributed by atoms with E-state index in [0.29, 0.717) is 24.8 Å². The highest BCUT2D eigenvalue weighted by Gasteiger charge is 2.31. The summed E-state index contributed by atoms with van der Waals surface area (Å²) in [5, 5.41) is 7.39. The van der Waals surface area contributed by atoms with E-state index in [1.807, 2.05) is 13.0 Å². The molecule has 0 bridgehead atoms. The van der Waals surface area contributed by atoms with Gasteiger partial charge in [-0.15, -0.1) is 0 Å². The monoisotopic (exact) mass is 382 g/mol. The van der Waals surface area contributed by atoms with Gasteiger partial charge in [-0.25, -0.2) is 13.1 Å². The van der Waals surface area contributed by atoms with Crippen LogP contribution < -0.4 is 5.32 Å². The van der Waals surface area contributed by atoms with Crippen molar-refractivity contribution in [3.8, 4) is 0 Å². The molecule has 2 fully saturated rings. The highest BCUT2D eigenvalue weighted by Crippen LogP contribution is 2.27. The summed E-state index contributed by atoms with van der Waals surface area (Å²) in [5.74, 6) is 0.837. The number of rotatable bonds is 6. The minimum Gasteiger partial charge on any atom is -0.310 e. The van der Waals surface area contributed by atoms with Gasteiger partial charge in [0.05, 0.1) is 29.8 Å². The van der Waals surface area contributed by atoms with Gasteiger partial charge < -0.3 is 5.32 Å². The van der Waals surface area contributed by atoms with Crippen LogP contribution in [0.1, 0.15) is 57.2 Å². The lowest BCUT2D eigenvalue weighted by Crippen LogP contribution is -2.42. The number of carbonyl (C=O) groups is 1. The zero-order valence-corrected chi connectivity index (χ0v) is 16.6. The minimum absolute atomic E-state index is 0.0561. The van der Waals surface area contributed by atoms with Crippen molar-refractivity contribution in [2.45, 2.75) is 64.5 Å². The minimum atomic E-state index is -3.00. The molecular formula is C18H30N4O3S. The fourth-order valence-electron chi connectivity index (χ4n) is 4.17. The van der Waals surface area contributed by atoms with Crippen molar-refractivity contribution in [2.75, 3.05) is 29.9 Å². The second-order valence-electron chi connectivity index (χ2n) is 7.58. The summed E-state index contributed by atoms with van der Waals surface area (Å²) in [6.07, 6.45) is 6.66. The standard InChI is InChI=1S/C18H30N4O3S/c1-3-21(15-7-5-4-6-8-15)12-18(23)19-17-11-14(2)20-22(17)16-9-10-26(24,25)13-16/h11,15-16H,3-10,12-13H2,1-2H3,(H,19,23)/t16-/m1/s1. The van der Waals surface area contributed by atoms with E-state index in [1.54, 1.807) is 4.68 Å². The molecule has 1 amide bonds. The first-order valence-electron chi connectivity index (χ1n) is 9.68. The first kappa shape index (κ1) is 19.4. The average molecular weight is 383 g/mol. The van der Waals surface area contributed by atoms with E-state index in [1.165, 1.54) is 19.3 Å². The summed E-state index contributed by atoms with van der Waals surface area (Å²) < 4.78 is 25.2. The van der Waals surface area contributed by atoms with Crippen LogP contribution in [0.25, 0.3) is 0 Å². The maximum Gasteiger partial charge on any atom is 0.239 e. The average Bonchev–Trinajstić information content (AvgIpc) is 3.15. The Labute approximate surface area is 156 Å². The van der Waals surface area contributed by atoms with Crippen LogP contribution in [0.4, 0.5) is 5.82 Å². The Bertz CT molecular complexity index is 738. The molecule has 8 heteroatoms. The van der Waals surface area contributed by atoms with E-state index in [2.05, 4.69) is 22.2 Å². The number of anilines is 1. The summed E-state index contributed by atoms with van der Waals surface area (Å²) in [6, 6.07) is 2.12. The lowest BCUT2D eigenvalue weighted by atomic mass is 9.94. The van der Waals surface area contributed by atoms with Crippen molar-refractivity contribution < 1.29 is 13.2 Å². The quantitative estimate of drug-likeness (QED) is 0.815. The molecule has 0 aromatic carbocycles. The van der Waals surface area contributed by atoms with Crippen LogP contribution in [0.5, 0.6) is 0 Å². The van der Waals surface area contributed by atoms with Crippen molar-refractivity contribution in [1.29, 1.82) is 0 Å². The molecule has 0 radical (unpaired) electrons. The van der Waals surface area contributed by atoms with Gasteiger partial charge >= 0.3 is 0 Å². The largest absolute Gasteiger partial charge is 0.310 e. The van der Waals surface area contributed by atoms with E-state index in [0.717, 1.165) is 25.1 Å². The molecule has 1 aliphatic carbocycles. The number of aryl methyl sites for hydroxylation is 1. The summed E-state index contributed by atoms with van der Waals surface area (Å²) in [6.45, 7) is 5.18. The van der Waals surface area contributed by atoms with E-state index in [-0.39, 0.29) is 23.5 Å². The third kappa shape index (κ3) is 4.65. The van der Waals surface area contributed by atoms with Crippen molar-refractivity contribution in [1.82, 2.24) is 14.7 Å². The molecular weight excluding hydrogens is 352 g/mol. The molecule has 1 N–H and O–H groups in total. The highest BCUT2D eigenvalue weighted by molar-refractivity contribution is 7.91. The molecule has 3 rings (SSSR count). The molecule has 26 heavy (non-hydrogen) atoms. The topological polar surface area (TPSA) is 84.3 Å². The second kappa shape index (κ2) is 8.08. The van der Waals surface area contributed by atoms with Crippen LogP contribution in [-0.2, 0) is 14.6 Å². The van der Waals surface area contributed by atoms with Crippen molar-refractivity contribution >= 4 is 21.6 Å². The fourth-order valence-corrected chi connectivity index (χ4v) is 5.86. The van der Waals surface area contributed by atoms with Crippen molar-refractivity contribution in [3.63, 3.8) is 0 Å². The van der Waals surface area contributed by atoms with Gasteiger partial charge in [-0.05, 0) is 32.7 Å². The number of nitrogens with one attached hydrogen (secondary N) is 1. The van der Waals surface area contributed by atoms with Crippen LogP contribution in [0.2, 0.25) is 0 Å². The second-order valence-corrected chi connectivity index (χ2v) is 9.80. The first-order chi connectivity index (χ1) is 12.4. The molecule has 1 saturated carbocycles. The van der Waals surface area contributed by atoms with Gasteiger partial charge in [0.1, 0.15) is 5.82 Å². The van der Waals surface area contributed by atoms with E-state index >= 15 is 0 Å². The third-order valence-corrected chi connectivity index (χ3v) is 7.27. The number of sulfone groups is 1. The molecule has 1 saturated heterocycles. The van der Waals surface area contributed by atoms with E-state index < -0.39 is 9.84 Å². The van der Waals surface area contributed by atoms with Gasteiger partial charge in [0.15, 0.2) is 9.84 Å². The van der Waals surface area contributed by atoms with Crippen LogP contribution in [0, 0.1) is 6.92 Å². The predicted octanol–water partition coefficient (Wildman–Crippen LogP) is 2.14. The number of hydrogen-bond acceptors (Lipinski definition) is 5. The summed E-state index contributed by atoms with van der Waals surface area (Å²) in [5.41, 5.74) is 0.782. The van der Waals surface area contributed by atoms with Crippen LogP contribution in [0.15, 0.2) is 6.07 Å². The molecule has 2 heterocycles. The Balaban J connectivity index is 1.65. The first-order valence-corrected chi connectivity index (χ1v) is 11.5. The van der Waals surface area contributed by atoms with E-state index in [9.17, 15) is 13.2 Å². The molecule has 7 nitrogen and oxygen atoms in total. The lowest BCUT2D eigenvalue weighted by Gasteiger charge is -2.32. The zero-order valence-electron chi connectivity index (χ0n) is 15.8. The van der Waals surface area contributed by atoms with Crippen LogP contribution in [0.3, 0.4) is 0 Å². The van der Waals surface area contributed by atoms with Gasteiger partial charge in [-0.3, -0.25) is 9.69 Å². The number of carbonyl (C=O) groups excluding carboxylic acids is 1. The third-order valence-electron chi connectivity index (χ3n) is 5.52. The van der Waals surface area contributed by atoms with E-state index in [4.69, 9.17) is 0 Å². The van der Waals surface area contributed by atoms with Crippen molar-refractivity contribution in [3.05, 3.63) is 11.8 Å². The van der Waals surface area contributed by atoms with Gasteiger partial charge in [0.2, 0.25) is 5.91 Å². The Hall–Kier alpha value is -1.41.